The number of benzene rings is 1. The molecule has 0 aliphatic heterocycles. The Morgan fingerprint density at radius 1 is 1.29 bits per heavy atom. The Morgan fingerprint density at radius 3 is 2.84 bits per heavy atom. The molecule has 0 saturated carbocycles. The fourth-order valence-electron chi connectivity index (χ4n) is 3.29. The maximum atomic E-state index is 13.3. The zero-order valence-electron chi connectivity index (χ0n) is 17.2. The van der Waals surface area contributed by atoms with Crippen molar-refractivity contribution in [1.29, 1.82) is 0 Å². The molecule has 3 heterocycles. The first-order chi connectivity index (χ1) is 15.0. The van der Waals surface area contributed by atoms with E-state index in [1.54, 1.807) is 22.0 Å². The van der Waals surface area contributed by atoms with Gasteiger partial charge in [-0.3, -0.25) is 14.2 Å². The lowest BCUT2D eigenvalue weighted by molar-refractivity contribution is -0.113. The number of nitrogens with zero attached hydrogens (tertiary/aromatic N) is 2. The zero-order chi connectivity index (χ0) is 22.0. The number of hydrogen-bond donors (Lipinski definition) is 1. The molecule has 31 heavy (non-hydrogen) atoms. The number of rotatable bonds is 7. The topological polar surface area (TPSA) is 64.0 Å². The van der Waals surface area contributed by atoms with Gasteiger partial charge in [-0.1, -0.05) is 41.6 Å². The summed E-state index contributed by atoms with van der Waals surface area (Å²) in [7, 11) is 0. The van der Waals surface area contributed by atoms with Gasteiger partial charge in [-0.2, -0.15) is 0 Å². The van der Waals surface area contributed by atoms with Crippen molar-refractivity contribution in [3.8, 4) is 10.4 Å². The number of aryl methyl sites for hydroxylation is 2. The quantitative estimate of drug-likeness (QED) is 0.214. The van der Waals surface area contributed by atoms with Gasteiger partial charge in [0, 0.05) is 28.1 Å². The van der Waals surface area contributed by atoms with Gasteiger partial charge in [0.15, 0.2) is 5.16 Å². The third kappa shape index (κ3) is 4.51. The maximum Gasteiger partial charge on any atom is 0.263 e. The summed E-state index contributed by atoms with van der Waals surface area (Å²) in [6.07, 6.45) is 1.67. The predicted molar refractivity (Wildman–Crippen MR) is 133 cm³/mol. The SMILES string of the molecule is C=CCn1c(SCC(=O)Nc2ccc(C)cc2C)nc2scc(-c3cccs3)c2c1=O. The summed E-state index contributed by atoms with van der Waals surface area (Å²) in [6, 6.07) is 9.88. The van der Waals surface area contributed by atoms with Crippen molar-refractivity contribution in [3.63, 3.8) is 0 Å². The largest absolute Gasteiger partial charge is 0.325 e. The number of nitrogens with one attached hydrogen (secondary N) is 1. The molecule has 0 saturated heterocycles. The number of anilines is 1. The lowest BCUT2D eigenvalue weighted by Crippen LogP contribution is -2.23. The zero-order valence-corrected chi connectivity index (χ0v) is 19.6. The average Bonchev–Trinajstić information content (AvgIpc) is 3.40. The fraction of sp³-hybridized carbons (Fsp3) is 0.174. The first kappa shape index (κ1) is 21.5. The van der Waals surface area contributed by atoms with E-state index < -0.39 is 0 Å². The van der Waals surface area contributed by atoms with Gasteiger partial charge < -0.3 is 5.32 Å². The van der Waals surface area contributed by atoms with Gasteiger partial charge in [-0.15, -0.1) is 29.3 Å². The van der Waals surface area contributed by atoms with E-state index in [1.807, 2.05) is 54.9 Å². The molecule has 4 aromatic rings. The summed E-state index contributed by atoms with van der Waals surface area (Å²) in [4.78, 5) is 32.3. The van der Waals surface area contributed by atoms with Gasteiger partial charge in [0.05, 0.1) is 11.1 Å². The molecule has 0 unspecified atom stereocenters. The van der Waals surface area contributed by atoms with Crippen molar-refractivity contribution in [2.75, 3.05) is 11.1 Å². The number of aromatic nitrogens is 2. The summed E-state index contributed by atoms with van der Waals surface area (Å²) in [5.74, 6) is 0.0212. The third-order valence-corrected chi connectivity index (χ3v) is 7.50. The number of allylic oxidation sites excluding steroid dienone is 1. The minimum Gasteiger partial charge on any atom is -0.325 e. The standard InChI is InChI=1S/C23H21N3O2S3/c1-4-9-26-22(28)20-16(18-6-5-10-29-18)12-30-21(20)25-23(26)31-13-19(27)24-17-8-7-14(2)11-15(17)3/h4-8,10-12H,1,9,13H2,2-3H3,(H,24,27). The van der Waals surface area contributed by atoms with E-state index in [1.165, 1.54) is 23.1 Å². The van der Waals surface area contributed by atoms with Crippen molar-refractivity contribution in [3.05, 3.63) is 75.2 Å². The van der Waals surface area contributed by atoms with E-state index in [0.717, 1.165) is 27.3 Å². The van der Waals surface area contributed by atoms with Crippen molar-refractivity contribution < 1.29 is 4.79 Å². The highest BCUT2D eigenvalue weighted by molar-refractivity contribution is 7.99. The van der Waals surface area contributed by atoms with E-state index in [0.29, 0.717) is 21.9 Å². The predicted octanol–water partition coefficient (Wildman–Crippen LogP) is 5.72. The van der Waals surface area contributed by atoms with Crippen LogP contribution in [0, 0.1) is 13.8 Å². The monoisotopic (exact) mass is 467 g/mol. The summed E-state index contributed by atoms with van der Waals surface area (Å²) >= 11 is 4.31. The molecular weight excluding hydrogens is 446 g/mol. The van der Waals surface area contributed by atoms with Gasteiger partial charge in [0.25, 0.3) is 5.56 Å². The van der Waals surface area contributed by atoms with Crippen LogP contribution in [0.1, 0.15) is 11.1 Å². The van der Waals surface area contributed by atoms with Gasteiger partial charge in [0.1, 0.15) is 4.83 Å². The lowest BCUT2D eigenvalue weighted by Gasteiger charge is -2.12. The summed E-state index contributed by atoms with van der Waals surface area (Å²) in [6.45, 7) is 8.10. The fourth-order valence-corrected chi connectivity index (χ4v) is 5.90. The van der Waals surface area contributed by atoms with Crippen LogP contribution in [0.3, 0.4) is 0 Å². The Morgan fingerprint density at radius 2 is 2.13 bits per heavy atom. The molecule has 5 nitrogen and oxygen atoms in total. The van der Waals surface area contributed by atoms with Crippen LogP contribution in [0.2, 0.25) is 0 Å². The molecule has 1 amide bonds. The molecule has 1 N–H and O–H groups in total. The number of amides is 1. The van der Waals surface area contributed by atoms with E-state index in [4.69, 9.17) is 4.98 Å². The molecule has 0 radical (unpaired) electrons. The van der Waals surface area contributed by atoms with Crippen LogP contribution in [0.5, 0.6) is 0 Å². The molecule has 0 atom stereocenters. The molecule has 1 aromatic carbocycles. The highest BCUT2D eigenvalue weighted by atomic mass is 32.2. The number of hydrogen-bond acceptors (Lipinski definition) is 6. The molecule has 3 aromatic heterocycles. The highest BCUT2D eigenvalue weighted by Crippen LogP contribution is 2.34. The number of carbonyl (C=O) groups excluding carboxylic acids is 1. The summed E-state index contributed by atoms with van der Waals surface area (Å²) in [5, 5.41) is 8.06. The number of fused-ring (bicyclic) bond motifs is 1. The lowest BCUT2D eigenvalue weighted by atomic mass is 10.1. The Bertz CT molecular complexity index is 1320. The minimum atomic E-state index is -0.137. The Labute approximate surface area is 192 Å². The summed E-state index contributed by atoms with van der Waals surface area (Å²) in [5.41, 5.74) is 3.76. The Balaban J connectivity index is 1.61. The number of thiophene rings is 2. The van der Waals surface area contributed by atoms with E-state index in [-0.39, 0.29) is 17.2 Å². The van der Waals surface area contributed by atoms with Gasteiger partial charge in [-0.05, 0) is 36.9 Å². The highest BCUT2D eigenvalue weighted by Gasteiger charge is 2.18. The van der Waals surface area contributed by atoms with Crippen LogP contribution in [0.25, 0.3) is 20.7 Å². The first-order valence-electron chi connectivity index (χ1n) is 9.64. The second-order valence-corrected chi connectivity index (χ2v) is 9.81. The van der Waals surface area contributed by atoms with Crippen LogP contribution in [0.4, 0.5) is 5.69 Å². The second-order valence-electron chi connectivity index (χ2n) is 7.06. The maximum absolute atomic E-state index is 13.3. The van der Waals surface area contributed by atoms with Crippen LogP contribution < -0.4 is 10.9 Å². The molecule has 0 spiro atoms. The molecule has 4 rings (SSSR count). The smallest absolute Gasteiger partial charge is 0.263 e. The Kier molecular flexibility index (Phi) is 6.41. The van der Waals surface area contributed by atoms with Gasteiger partial charge in [0.2, 0.25) is 5.91 Å². The second kappa shape index (κ2) is 9.21. The van der Waals surface area contributed by atoms with E-state index in [9.17, 15) is 9.59 Å². The average molecular weight is 468 g/mol. The first-order valence-corrected chi connectivity index (χ1v) is 12.4. The van der Waals surface area contributed by atoms with Crippen molar-refractivity contribution in [2.45, 2.75) is 25.5 Å². The van der Waals surface area contributed by atoms with Crippen molar-refractivity contribution >= 4 is 56.2 Å². The molecule has 0 fully saturated rings. The third-order valence-electron chi connectivity index (χ3n) is 4.75. The molecule has 158 valence electrons. The Hall–Kier alpha value is -2.68. The molecule has 0 bridgehead atoms. The summed E-state index contributed by atoms with van der Waals surface area (Å²) < 4.78 is 1.59. The molecular formula is C23H21N3O2S3. The van der Waals surface area contributed by atoms with Gasteiger partial charge in [-0.25, -0.2) is 4.98 Å². The molecule has 0 aliphatic rings. The normalized spacial score (nSPS) is 11.0. The van der Waals surface area contributed by atoms with E-state index in [2.05, 4.69) is 11.9 Å². The van der Waals surface area contributed by atoms with Gasteiger partial charge >= 0.3 is 0 Å². The van der Waals surface area contributed by atoms with Crippen molar-refractivity contribution in [1.82, 2.24) is 9.55 Å². The number of thioether (sulfide) groups is 1. The van der Waals surface area contributed by atoms with Crippen LogP contribution >= 0.6 is 34.4 Å². The molecule has 8 heteroatoms. The molecule has 0 aliphatic carbocycles. The van der Waals surface area contributed by atoms with Crippen LogP contribution in [0.15, 0.2) is 63.7 Å². The van der Waals surface area contributed by atoms with Crippen LogP contribution in [-0.2, 0) is 11.3 Å². The van der Waals surface area contributed by atoms with E-state index >= 15 is 0 Å². The van der Waals surface area contributed by atoms with Crippen molar-refractivity contribution in [2.24, 2.45) is 0 Å². The number of carbonyl (C=O) groups is 1. The minimum absolute atomic E-state index is 0.105. The van der Waals surface area contributed by atoms with Crippen LogP contribution in [-0.4, -0.2) is 21.2 Å².